The third-order valence-corrected chi connectivity index (χ3v) is 2.80. The van der Waals surface area contributed by atoms with Crippen LogP contribution in [0.3, 0.4) is 0 Å². The van der Waals surface area contributed by atoms with Crippen LogP contribution in [0.5, 0.6) is 0 Å². The molecule has 0 aliphatic carbocycles. The zero-order chi connectivity index (χ0) is 24.4. The number of carboxylic acid groups (broad SMARTS) is 3. The second-order valence-corrected chi connectivity index (χ2v) is 5.66. The molecule has 30 heavy (non-hydrogen) atoms. The van der Waals surface area contributed by atoms with Gasteiger partial charge in [0.25, 0.3) is 0 Å². The molecule has 0 aromatic rings. The molecule has 0 fully saturated rings. The van der Waals surface area contributed by atoms with Gasteiger partial charge in [0, 0.05) is 6.54 Å². The smallest absolute Gasteiger partial charge is 0.321 e. The Morgan fingerprint density at radius 3 is 1.27 bits per heavy atom. The molecule has 174 valence electrons. The van der Waals surface area contributed by atoms with Crippen molar-refractivity contribution in [1.29, 1.82) is 5.41 Å². The van der Waals surface area contributed by atoms with Crippen molar-refractivity contribution in [2.75, 3.05) is 6.54 Å². The van der Waals surface area contributed by atoms with E-state index in [1.165, 1.54) is 0 Å². The van der Waals surface area contributed by atoms with Gasteiger partial charge in [0.2, 0.25) is 11.8 Å². The Bertz CT molecular complexity index is 568. The van der Waals surface area contributed by atoms with E-state index < -0.39 is 47.8 Å². The molecule has 0 heterocycles. The highest BCUT2D eigenvalue weighted by Gasteiger charge is 2.14. The third kappa shape index (κ3) is 24.5. The molecule has 16 heteroatoms. The molecule has 17 N–H and O–H groups in total. The molecule has 0 aliphatic heterocycles. The number of primary amides is 2. The van der Waals surface area contributed by atoms with Crippen LogP contribution >= 0.6 is 0 Å². The normalized spacial score (nSPS) is 12.4. The molecule has 2 amide bonds. The standard InChI is InChI=1S/C6H14N4O2.2C4H8N2O3/c7-4(5(11)12)2-1-3-10-6(8)9;2*5-2(4(8)9)1-3(6)7/h4H,1-3,7H2,(H,11,12)(H4,8,9,10);2*2H,1,5H2,(H2,6,7)(H,8,9)/t4-;2-;/m00./s1. The van der Waals surface area contributed by atoms with Gasteiger partial charge < -0.3 is 55.0 Å². The summed E-state index contributed by atoms with van der Waals surface area (Å²) in [6, 6.07) is -3.15. The Morgan fingerprint density at radius 2 is 1.07 bits per heavy atom. The van der Waals surface area contributed by atoms with Crippen LogP contribution in [0.15, 0.2) is 0 Å². The molecule has 0 saturated carbocycles. The average Bonchev–Trinajstić information content (AvgIpc) is 2.58. The summed E-state index contributed by atoms with van der Waals surface area (Å²) in [6.45, 7) is 0.482. The number of hydrogen-bond donors (Lipinski definition) is 11. The van der Waals surface area contributed by atoms with E-state index in [4.69, 9.17) is 43.7 Å². The minimum Gasteiger partial charge on any atom is -0.480 e. The number of hydrogen-bond acceptors (Lipinski definition) is 9. The summed E-state index contributed by atoms with van der Waals surface area (Å²) in [5, 5.41) is 33.9. The lowest BCUT2D eigenvalue weighted by atomic mass is 10.2. The van der Waals surface area contributed by atoms with Crippen molar-refractivity contribution in [3.8, 4) is 0 Å². The number of carbonyl (C=O) groups excluding carboxylic acids is 2. The number of carbonyl (C=O) groups is 5. The van der Waals surface area contributed by atoms with Crippen LogP contribution in [0.1, 0.15) is 25.7 Å². The van der Waals surface area contributed by atoms with Gasteiger partial charge in [-0.05, 0) is 12.8 Å². The fourth-order valence-corrected chi connectivity index (χ4v) is 1.28. The first-order chi connectivity index (χ1) is 13.6. The Labute approximate surface area is 171 Å². The van der Waals surface area contributed by atoms with Crippen molar-refractivity contribution in [3.05, 3.63) is 0 Å². The summed E-state index contributed by atoms with van der Waals surface area (Å²) in [6.07, 6.45) is 0.354. The number of carboxylic acids is 3. The van der Waals surface area contributed by atoms with Crippen LogP contribution in [-0.2, 0) is 24.0 Å². The van der Waals surface area contributed by atoms with Crippen LogP contribution in [0, 0.1) is 5.41 Å². The van der Waals surface area contributed by atoms with Gasteiger partial charge in [-0.25, -0.2) is 0 Å². The highest BCUT2D eigenvalue weighted by Crippen LogP contribution is 1.92. The number of nitrogens with two attached hydrogens (primary N) is 6. The number of nitrogens with one attached hydrogen (secondary N) is 2. The van der Waals surface area contributed by atoms with E-state index in [1.54, 1.807) is 0 Å². The number of rotatable bonds is 11. The average molecular weight is 438 g/mol. The molecule has 1 unspecified atom stereocenters. The van der Waals surface area contributed by atoms with Crippen molar-refractivity contribution < 1.29 is 39.3 Å². The molecule has 0 aromatic carbocycles. The minimum atomic E-state index is -1.21. The Kier molecular flexibility index (Phi) is 18.3. The Hall–Kier alpha value is -3.50. The molecule has 16 nitrogen and oxygen atoms in total. The molecule has 0 aromatic heterocycles. The lowest BCUT2D eigenvalue weighted by molar-refractivity contribution is -0.140. The van der Waals surface area contributed by atoms with E-state index in [0.29, 0.717) is 19.4 Å². The molecule has 0 bridgehead atoms. The zero-order valence-electron chi connectivity index (χ0n) is 16.1. The second-order valence-electron chi connectivity index (χ2n) is 5.66. The van der Waals surface area contributed by atoms with Crippen LogP contribution < -0.4 is 39.7 Å². The number of guanidine groups is 1. The molecule has 0 aliphatic rings. The van der Waals surface area contributed by atoms with Crippen molar-refractivity contribution in [3.63, 3.8) is 0 Å². The fourth-order valence-electron chi connectivity index (χ4n) is 1.28. The predicted molar refractivity (Wildman–Crippen MR) is 104 cm³/mol. The predicted octanol–water partition coefficient (Wildman–Crippen LogP) is -4.79. The quantitative estimate of drug-likeness (QED) is 0.0819. The van der Waals surface area contributed by atoms with Crippen molar-refractivity contribution in [1.82, 2.24) is 5.32 Å². The van der Waals surface area contributed by atoms with Gasteiger partial charge in [0.1, 0.15) is 18.1 Å². The maximum atomic E-state index is 10.2. The monoisotopic (exact) mass is 438 g/mol. The third-order valence-electron chi connectivity index (χ3n) is 2.80. The van der Waals surface area contributed by atoms with Crippen molar-refractivity contribution in [2.24, 2.45) is 34.4 Å². The van der Waals surface area contributed by atoms with E-state index in [9.17, 15) is 24.0 Å². The Morgan fingerprint density at radius 1 is 0.733 bits per heavy atom. The maximum Gasteiger partial charge on any atom is 0.321 e. The highest BCUT2D eigenvalue weighted by molar-refractivity contribution is 5.83. The van der Waals surface area contributed by atoms with Gasteiger partial charge in [0.05, 0.1) is 12.8 Å². The van der Waals surface area contributed by atoms with E-state index in [-0.39, 0.29) is 18.8 Å². The van der Waals surface area contributed by atoms with E-state index in [1.807, 2.05) is 0 Å². The summed E-state index contributed by atoms with van der Waals surface area (Å²) in [7, 11) is 0. The first-order valence-electron chi connectivity index (χ1n) is 8.21. The van der Waals surface area contributed by atoms with Gasteiger partial charge in [-0.2, -0.15) is 0 Å². The first kappa shape index (κ1) is 31.2. The fraction of sp³-hybridized carbons (Fsp3) is 0.571. The van der Waals surface area contributed by atoms with Gasteiger partial charge in [0.15, 0.2) is 5.96 Å². The first-order valence-corrected chi connectivity index (χ1v) is 8.21. The second kappa shape index (κ2) is 17.6. The summed E-state index contributed by atoms with van der Waals surface area (Å²) >= 11 is 0. The summed E-state index contributed by atoms with van der Waals surface area (Å²) in [4.78, 5) is 50.0. The lowest BCUT2D eigenvalue weighted by Crippen LogP contribution is -2.34. The summed E-state index contributed by atoms with van der Waals surface area (Å²) in [5.41, 5.74) is 29.3. The van der Waals surface area contributed by atoms with Crippen molar-refractivity contribution in [2.45, 2.75) is 43.8 Å². The van der Waals surface area contributed by atoms with Crippen LogP contribution in [-0.4, -0.2) is 75.7 Å². The minimum absolute atomic E-state index is 0.112. The molecule has 3 atom stereocenters. The summed E-state index contributed by atoms with van der Waals surface area (Å²) in [5.74, 6) is -4.95. The van der Waals surface area contributed by atoms with Crippen LogP contribution in [0.25, 0.3) is 0 Å². The lowest BCUT2D eigenvalue weighted by Gasteiger charge is -2.06. The molecular formula is C14H30N8O8. The topological polar surface area (TPSA) is 338 Å². The zero-order valence-corrected chi connectivity index (χ0v) is 16.1. The Balaban J connectivity index is -0.000000371. The van der Waals surface area contributed by atoms with Gasteiger partial charge in [-0.3, -0.25) is 29.4 Å². The number of amides is 2. The molecule has 0 saturated heterocycles. The molecular weight excluding hydrogens is 408 g/mol. The van der Waals surface area contributed by atoms with Gasteiger partial charge in [-0.15, -0.1) is 0 Å². The van der Waals surface area contributed by atoms with E-state index in [2.05, 4.69) is 16.8 Å². The van der Waals surface area contributed by atoms with Crippen LogP contribution in [0.2, 0.25) is 0 Å². The summed E-state index contributed by atoms with van der Waals surface area (Å²) < 4.78 is 0. The van der Waals surface area contributed by atoms with Gasteiger partial charge in [-0.1, -0.05) is 0 Å². The maximum absolute atomic E-state index is 10.2. The van der Waals surface area contributed by atoms with Gasteiger partial charge >= 0.3 is 17.9 Å². The van der Waals surface area contributed by atoms with E-state index >= 15 is 0 Å². The SMILES string of the molecule is N=C(N)NCCC[C@H](N)C(=O)O.NC(=O)CC(N)C(=O)O.NC(=O)C[C@H](N)C(=O)O. The molecule has 0 spiro atoms. The molecule has 0 radical (unpaired) electrons. The van der Waals surface area contributed by atoms with Crippen LogP contribution in [0.4, 0.5) is 0 Å². The largest absolute Gasteiger partial charge is 0.480 e. The highest BCUT2D eigenvalue weighted by atomic mass is 16.4. The van der Waals surface area contributed by atoms with Crippen molar-refractivity contribution >= 4 is 35.7 Å². The molecule has 0 rings (SSSR count). The van der Waals surface area contributed by atoms with E-state index in [0.717, 1.165) is 0 Å². The number of aliphatic carboxylic acids is 3.